The van der Waals surface area contributed by atoms with Crippen molar-refractivity contribution in [2.45, 2.75) is 12.8 Å². The maximum Gasteiger partial charge on any atom is 0.296 e. The summed E-state index contributed by atoms with van der Waals surface area (Å²) in [6.07, 6.45) is 1.20. The number of para-hydroxylation sites is 1. The number of amides is 1. The highest BCUT2D eigenvalue weighted by Crippen LogP contribution is 2.33. The quantitative estimate of drug-likeness (QED) is 0.431. The molecule has 1 aromatic rings. The summed E-state index contributed by atoms with van der Waals surface area (Å²) < 4.78 is 0. The van der Waals surface area contributed by atoms with E-state index in [0.29, 0.717) is 6.42 Å². The van der Waals surface area contributed by atoms with Gasteiger partial charge in [0, 0.05) is 12.5 Å². The lowest BCUT2D eigenvalue weighted by Crippen LogP contribution is -2.19. The highest BCUT2D eigenvalue weighted by molar-refractivity contribution is 5.95. The Hall–Kier alpha value is -2.15. The average Bonchev–Trinajstić information content (AvgIpc) is 2.84. The van der Waals surface area contributed by atoms with Gasteiger partial charge in [-0.25, -0.2) is 0 Å². The first-order chi connectivity index (χ1) is 9.08. The molecule has 0 aromatic heterocycles. The molecule has 1 aliphatic rings. The number of anilines is 1. The van der Waals surface area contributed by atoms with Crippen molar-refractivity contribution in [3.63, 3.8) is 0 Å². The van der Waals surface area contributed by atoms with Crippen molar-refractivity contribution in [3.8, 4) is 5.75 Å². The number of phenolic OH excluding ortho intramolecular Hbond substituents is 1. The van der Waals surface area contributed by atoms with Gasteiger partial charge in [0.1, 0.15) is 5.75 Å². The maximum absolute atomic E-state index is 11.8. The standard InChI is InChI=1S/C12H15N3O4/c16-10-3-1-2-9(15(18)19)12(10)14-11(17)6-8-4-5-13-7-8/h1-3,8,13,16H,4-7H2,(H,14,17). The number of benzene rings is 1. The number of hydrogen-bond donors (Lipinski definition) is 3. The minimum atomic E-state index is -0.632. The van der Waals surface area contributed by atoms with Gasteiger partial charge in [0.15, 0.2) is 5.69 Å². The SMILES string of the molecule is O=C(CC1CCNC1)Nc1c(O)cccc1[N+](=O)[O-]. The predicted molar refractivity (Wildman–Crippen MR) is 69.0 cm³/mol. The Bertz CT molecular complexity index is 498. The first-order valence-electron chi connectivity index (χ1n) is 6.05. The van der Waals surface area contributed by atoms with Gasteiger partial charge in [-0.3, -0.25) is 14.9 Å². The summed E-state index contributed by atoms with van der Waals surface area (Å²) in [4.78, 5) is 22.0. The van der Waals surface area contributed by atoms with Crippen molar-refractivity contribution >= 4 is 17.3 Å². The van der Waals surface area contributed by atoms with Gasteiger partial charge >= 0.3 is 0 Å². The third kappa shape index (κ3) is 3.19. The number of rotatable bonds is 4. The highest BCUT2D eigenvalue weighted by Gasteiger charge is 2.22. The molecule has 3 N–H and O–H groups in total. The normalized spacial score (nSPS) is 18.2. The lowest BCUT2D eigenvalue weighted by atomic mass is 10.0. The molecule has 2 rings (SSSR count). The van der Waals surface area contributed by atoms with Gasteiger partial charge in [-0.1, -0.05) is 6.07 Å². The molecule has 1 aromatic carbocycles. The number of carbonyl (C=O) groups is 1. The lowest BCUT2D eigenvalue weighted by molar-refractivity contribution is -0.384. The van der Waals surface area contributed by atoms with E-state index < -0.39 is 4.92 Å². The topological polar surface area (TPSA) is 104 Å². The minimum Gasteiger partial charge on any atom is -0.505 e. The van der Waals surface area contributed by atoms with Crippen LogP contribution < -0.4 is 10.6 Å². The molecule has 1 heterocycles. The van der Waals surface area contributed by atoms with Crippen molar-refractivity contribution in [1.29, 1.82) is 0 Å². The van der Waals surface area contributed by atoms with Crippen LogP contribution in [0.4, 0.5) is 11.4 Å². The molecule has 7 nitrogen and oxygen atoms in total. The van der Waals surface area contributed by atoms with E-state index >= 15 is 0 Å². The zero-order chi connectivity index (χ0) is 13.8. The van der Waals surface area contributed by atoms with Crippen molar-refractivity contribution in [2.75, 3.05) is 18.4 Å². The molecule has 0 aliphatic carbocycles. The molecule has 1 saturated heterocycles. The third-order valence-corrected chi connectivity index (χ3v) is 3.12. The third-order valence-electron chi connectivity index (χ3n) is 3.12. The van der Waals surface area contributed by atoms with Gasteiger partial charge < -0.3 is 15.7 Å². The Kier molecular flexibility index (Phi) is 3.96. The molecular formula is C12H15N3O4. The Morgan fingerprint density at radius 3 is 3.00 bits per heavy atom. The summed E-state index contributed by atoms with van der Waals surface area (Å²) in [6.45, 7) is 1.66. The average molecular weight is 265 g/mol. The first kappa shape index (κ1) is 13.3. The van der Waals surface area contributed by atoms with Crippen molar-refractivity contribution in [3.05, 3.63) is 28.3 Å². The second kappa shape index (κ2) is 5.66. The maximum atomic E-state index is 11.8. The summed E-state index contributed by atoms with van der Waals surface area (Å²) in [5.74, 6) is -0.379. The Morgan fingerprint density at radius 1 is 1.58 bits per heavy atom. The molecule has 19 heavy (non-hydrogen) atoms. The van der Waals surface area contributed by atoms with E-state index in [9.17, 15) is 20.0 Å². The van der Waals surface area contributed by atoms with Crippen LogP contribution >= 0.6 is 0 Å². The fourth-order valence-corrected chi connectivity index (χ4v) is 2.15. The Labute approximate surface area is 109 Å². The van der Waals surface area contributed by atoms with Crippen LogP contribution in [-0.4, -0.2) is 29.0 Å². The van der Waals surface area contributed by atoms with Crippen LogP contribution in [0.25, 0.3) is 0 Å². The monoisotopic (exact) mass is 265 g/mol. The fraction of sp³-hybridized carbons (Fsp3) is 0.417. The van der Waals surface area contributed by atoms with Crippen molar-refractivity contribution in [2.24, 2.45) is 5.92 Å². The molecule has 0 bridgehead atoms. The smallest absolute Gasteiger partial charge is 0.296 e. The van der Waals surface area contributed by atoms with Crippen LogP contribution in [0.1, 0.15) is 12.8 Å². The number of carbonyl (C=O) groups excluding carboxylic acids is 1. The van der Waals surface area contributed by atoms with Crippen molar-refractivity contribution < 1.29 is 14.8 Å². The summed E-state index contributed by atoms with van der Waals surface area (Å²) in [6, 6.07) is 3.91. The van der Waals surface area contributed by atoms with E-state index in [1.807, 2.05) is 0 Å². The number of phenols is 1. The van der Waals surface area contributed by atoms with Crippen LogP contribution in [0.3, 0.4) is 0 Å². The number of hydrogen-bond acceptors (Lipinski definition) is 5. The summed E-state index contributed by atoms with van der Waals surface area (Å²) in [7, 11) is 0. The lowest BCUT2D eigenvalue weighted by Gasteiger charge is -2.10. The summed E-state index contributed by atoms with van der Waals surface area (Å²) in [5.41, 5.74) is -0.443. The summed E-state index contributed by atoms with van der Waals surface area (Å²) >= 11 is 0. The van der Waals surface area contributed by atoms with Gasteiger partial charge in [-0.05, 0) is 31.5 Å². The number of nitro groups is 1. The van der Waals surface area contributed by atoms with Crippen LogP contribution in [0.5, 0.6) is 5.75 Å². The van der Waals surface area contributed by atoms with E-state index in [4.69, 9.17) is 0 Å². The molecule has 0 radical (unpaired) electrons. The molecule has 1 atom stereocenters. The van der Waals surface area contributed by atoms with Gasteiger partial charge in [-0.2, -0.15) is 0 Å². The number of aromatic hydroxyl groups is 1. The molecular weight excluding hydrogens is 250 g/mol. The number of nitro benzene ring substituents is 1. The van der Waals surface area contributed by atoms with E-state index in [1.54, 1.807) is 0 Å². The molecule has 0 saturated carbocycles. The second-order valence-electron chi connectivity index (χ2n) is 4.54. The molecule has 1 unspecified atom stereocenters. The molecule has 102 valence electrons. The number of nitrogens with zero attached hydrogens (tertiary/aromatic N) is 1. The van der Waals surface area contributed by atoms with Gasteiger partial charge in [0.25, 0.3) is 5.69 Å². The summed E-state index contributed by atoms with van der Waals surface area (Å²) in [5, 5.41) is 26.0. The van der Waals surface area contributed by atoms with Gasteiger partial charge in [0.05, 0.1) is 4.92 Å². The molecule has 0 spiro atoms. The van der Waals surface area contributed by atoms with Gasteiger partial charge in [0.2, 0.25) is 5.91 Å². The molecule has 1 amide bonds. The molecule has 7 heteroatoms. The van der Waals surface area contributed by atoms with E-state index in [1.165, 1.54) is 18.2 Å². The Morgan fingerprint density at radius 2 is 2.37 bits per heavy atom. The Balaban J connectivity index is 2.09. The largest absolute Gasteiger partial charge is 0.505 e. The van der Waals surface area contributed by atoms with Gasteiger partial charge in [-0.15, -0.1) is 0 Å². The van der Waals surface area contributed by atoms with Crippen LogP contribution in [0.2, 0.25) is 0 Å². The van der Waals surface area contributed by atoms with Crippen LogP contribution in [-0.2, 0) is 4.79 Å². The molecule has 1 aliphatic heterocycles. The van der Waals surface area contributed by atoms with Crippen LogP contribution in [0, 0.1) is 16.0 Å². The first-order valence-corrected chi connectivity index (χ1v) is 6.05. The number of nitrogens with one attached hydrogen (secondary N) is 2. The minimum absolute atomic E-state index is 0.136. The molecule has 1 fully saturated rings. The van der Waals surface area contributed by atoms with E-state index in [2.05, 4.69) is 10.6 Å². The van der Waals surface area contributed by atoms with E-state index in [-0.39, 0.29) is 28.9 Å². The zero-order valence-corrected chi connectivity index (χ0v) is 10.3. The second-order valence-corrected chi connectivity index (χ2v) is 4.54. The van der Waals surface area contributed by atoms with Crippen molar-refractivity contribution in [1.82, 2.24) is 5.32 Å². The fourth-order valence-electron chi connectivity index (χ4n) is 2.15. The van der Waals surface area contributed by atoms with Crippen LogP contribution in [0.15, 0.2) is 18.2 Å². The predicted octanol–water partition coefficient (Wildman–Crippen LogP) is 1.24. The van der Waals surface area contributed by atoms with E-state index in [0.717, 1.165) is 19.5 Å². The zero-order valence-electron chi connectivity index (χ0n) is 10.3. The highest BCUT2D eigenvalue weighted by atomic mass is 16.6.